The first kappa shape index (κ1) is 25.5. The highest BCUT2D eigenvalue weighted by Gasteiger charge is 2.38. The highest BCUT2D eigenvalue weighted by molar-refractivity contribution is 5.89. The lowest BCUT2D eigenvalue weighted by molar-refractivity contribution is -0.148. The van der Waals surface area contributed by atoms with E-state index in [4.69, 9.17) is 24.7 Å². The number of carbonyl (C=O) groups is 4. The molecular formula is C24H27NO8. The molecule has 0 aliphatic rings. The molecule has 33 heavy (non-hydrogen) atoms. The summed E-state index contributed by atoms with van der Waals surface area (Å²) in [6.07, 6.45) is -0.774. The molecule has 0 saturated carbocycles. The largest absolute Gasteiger partial charge is 0.468 e. The van der Waals surface area contributed by atoms with Gasteiger partial charge in [-0.3, -0.25) is 14.4 Å². The minimum Gasteiger partial charge on any atom is -0.468 e. The molecule has 0 radical (unpaired) electrons. The quantitative estimate of drug-likeness (QED) is 0.446. The van der Waals surface area contributed by atoms with Crippen LogP contribution in [0.2, 0.25) is 0 Å². The zero-order valence-corrected chi connectivity index (χ0v) is 19.0. The van der Waals surface area contributed by atoms with Gasteiger partial charge in [0.05, 0.1) is 12.7 Å². The van der Waals surface area contributed by atoms with Gasteiger partial charge >= 0.3 is 23.9 Å². The van der Waals surface area contributed by atoms with Crippen LogP contribution in [0, 0.1) is 0 Å². The molecule has 9 heteroatoms. The van der Waals surface area contributed by atoms with Gasteiger partial charge in [-0.2, -0.15) is 0 Å². The molecular weight excluding hydrogens is 430 g/mol. The van der Waals surface area contributed by atoms with Crippen LogP contribution in [-0.4, -0.2) is 42.6 Å². The van der Waals surface area contributed by atoms with Gasteiger partial charge in [-0.1, -0.05) is 24.3 Å². The number of benzene rings is 2. The summed E-state index contributed by atoms with van der Waals surface area (Å²) in [7, 11) is 1.21. The van der Waals surface area contributed by atoms with E-state index < -0.39 is 35.5 Å². The zero-order chi connectivity index (χ0) is 24.6. The Labute approximate surface area is 191 Å². The molecule has 2 rings (SSSR count). The number of hydrogen-bond donors (Lipinski definition) is 1. The molecule has 0 saturated heterocycles. The Morgan fingerprint density at radius 2 is 1.55 bits per heavy atom. The molecule has 0 fully saturated rings. The minimum absolute atomic E-state index is 0.00553. The summed E-state index contributed by atoms with van der Waals surface area (Å²) in [6.45, 7) is 4.04. The average Bonchev–Trinajstić information content (AvgIpc) is 2.74. The number of hydrogen-bond acceptors (Lipinski definition) is 9. The Kier molecular flexibility index (Phi) is 8.70. The third-order valence-electron chi connectivity index (χ3n) is 4.60. The first-order valence-corrected chi connectivity index (χ1v) is 10.2. The maximum atomic E-state index is 12.6. The molecule has 2 aromatic rings. The molecule has 0 heterocycles. The fourth-order valence-corrected chi connectivity index (χ4v) is 3.31. The topological polar surface area (TPSA) is 131 Å². The van der Waals surface area contributed by atoms with E-state index in [2.05, 4.69) is 0 Å². The summed E-state index contributed by atoms with van der Waals surface area (Å²) in [4.78, 5) is 47.7. The number of ether oxygens (including phenoxy) is 4. The fourth-order valence-electron chi connectivity index (χ4n) is 3.31. The van der Waals surface area contributed by atoms with Crippen molar-refractivity contribution in [3.05, 3.63) is 59.7 Å². The van der Waals surface area contributed by atoms with E-state index in [-0.39, 0.29) is 24.3 Å². The number of rotatable bonds is 9. The molecule has 0 bridgehead atoms. The first-order chi connectivity index (χ1) is 15.5. The van der Waals surface area contributed by atoms with Crippen molar-refractivity contribution in [1.82, 2.24) is 0 Å². The van der Waals surface area contributed by atoms with Crippen LogP contribution < -0.4 is 15.2 Å². The van der Waals surface area contributed by atoms with Crippen molar-refractivity contribution in [3.8, 4) is 11.5 Å². The van der Waals surface area contributed by atoms with Crippen LogP contribution in [0.1, 0.15) is 43.1 Å². The van der Waals surface area contributed by atoms with E-state index in [9.17, 15) is 19.2 Å². The predicted octanol–water partition coefficient (Wildman–Crippen LogP) is 2.59. The highest BCUT2D eigenvalue weighted by Crippen LogP contribution is 2.31. The number of esters is 4. The van der Waals surface area contributed by atoms with Gasteiger partial charge in [-0.15, -0.1) is 0 Å². The maximum Gasteiger partial charge on any atom is 0.338 e. The second-order valence-electron chi connectivity index (χ2n) is 7.58. The predicted molar refractivity (Wildman–Crippen MR) is 118 cm³/mol. The lowest BCUT2D eigenvalue weighted by atomic mass is 9.86. The summed E-state index contributed by atoms with van der Waals surface area (Å²) in [5.74, 6) is -2.40. The van der Waals surface area contributed by atoms with Gasteiger partial charge in [-0.25, -0.2) is 4.79 Å². The minimum atomic E-state index is -1.55. The van der Waals surface area contributed by atoms with E-state index in [1.165, 1.54) is 33.1 Å². The van der Waals surface area contributed by atoms with Crippen molar-refractivity contribution < 1.29 is 38.1 Å². The molecule has 2 atom stereocenters. The van der Waals surface area contributed by atoms with Crippen molar-refractivity contribution in [3.63, 3.8) is 0 Å². The van der Waals surface area contributed by atoms with Gasteiger partial charge in [0.2, 0.25) is 0 Å². The zero-order valence-electron chi connectivity index (χ0n) is 19.0. The molecule has 0 aliphatic heterocycles. The van der Waals surface area contributed by atoms with Gasteiger partial charge < -0.3 is 24.7 Å². The maximum absolute atomic E-state index is 12.6. The number of methoxy groups -OCH3 is 1. The second kappa shape index (κ2) is 11.2. The SMILES string of the molecule is COC(=O)C(N)(Cc1ccc(OC(C)=O)c(OC(C)=O)c1)C[C@H](C)OC(=O)c1ccccc1. The third-order valence-corrected chi connectivity index (χ3v) is 4.60. The number of carbonyl (C=O) groups excluding carboxylic acids is 4. The molecule has 0 aromatic heterocycles. The molecule has 0 aliphatic carbocycles. The Hall–Kier alpha value is -3.72. The van der Waals surface area contributed by atoms with Gasteiger partial charge in [0.25, 0.3) is 0 Å². The average molecular weight is 457 g/mol. The molecule has 0 spiro atoms. The molecule has 2 N–H and O–H groups in total. The van der Waals surface area contributed by atoms with E-state index in [0.717, 1.165) is 0 Å². The lowest BCUT2D eigenvalue weighted by Crippen LogP contribution is -2.53. The smallest absolute Gasteiger partial charge is 0.338 e. The van der Waals surface area contributed by atoms with Crippen LogP contribution in [-0.2, 0) is 30.3 Å². The van der Waals surface area contributed by atoms with E-state index in [0.29, 0.717) is 11.1 Å². The Bertz CT molecular complexity index is 1020. The van der Waals surface area contributed by atoms with Crippen molar-refractivity contribution in [1.29, 1.82) is 0 Å². The van der Waals surface area contributed by atoms with Crippen molar-refractivity contribution in [2.24, 2.45) is 5.73 Å². The second-order valence-corrected chi connectivity index (χ2v) is 7.58. The van der Waals surface area contributed by atoms with Crippen LogP contribution in [0.15, 0.2) is 48.5 Å². The summed E-state index contributed by atoms with van der Waals surface area (Å²) < 4.78 is 20.5. The summed E-state index contributed by atoms with van der Waals surface area (Å²) in [6, 6.07) is 12.9. The van der Waals surface area contributed by atoms with Crippen molar-refractivity contribution in [2.75, 3.05) is 7.11 Å². The Morgan fingerprint density at radius 1 is 0.939 bits per heavy atom. The standard InChI is InChI=1S/C24H27NO8/c1-15(31-22(28)19-8-6-5-7-9-19)13-24(25,23(29)30-4)14-18-10-11-20(32-16(2)26)21(12-18)33-17(3)27/h5-12,15H,13-14,25H2,1-4H3/t15-,24?/m0/s1. The van der Waals surface area contributed by atoms with Gasteiger partial charge in [0.15, 0.2) is 11.5 Å². The normalized spacial score (nSPS) is 13.2. The van der Waals surface area contributed by atoms with Crippen LogP contribution in [0.3, 0.4) is 0 Å². The Balaban J connectivity index is 2.24. The molecule has 9 nitrogen and oxygen atoms in total. The van der Waals surface area contributed by atoms with E-state index >= 15 is 0 Å². The number of nitrogens with two attached hydrogens (primary N) is 1. The van der Waals surface area contributed by atoms with Gasteiger partial charge in [-0.05, 0) is 36.8 Å². The molecule has 176 valence electrons. The summed E-state index contributed by atoms with van der Waals surface area (Å²) >= 11 is 0. The monoisotopic (exact) mass is 457 g/mol. The molecule has 0 amide bonds. The summed E-state index contributed by atoms with van der Waals surface area (Å²) in [5, 5.41) is 0. The van der Waals surface area contributed by atoms with Crippen molar-refractivity contribution >= 4 is 23.9 Å². The Morgan fingerprint density at radius 3 is 2.12 bits per heavy atom. The van der Waals surface area contributed by atoms with Crippen LogP contribution in [0.4, 0.5) is 0 Å². The van der Waals surface area contributed by atoms with Crippen LogP contribution in [0.25, 0.3) is 0 Å². The molecule has 1 unspecified atom stereocenters. The van der Waals surface area contributed by atoms with Gasteiger partial charge in [0, 0.05) is 26.7 Å². The highest BCUT2D eigenvalue weighted by atomic mass is 16.6. The van der Waals surface area contributed by atoms with E-state index in [1.54, 1.807) is 43.3 Å². The first-order valence-electron chi connectivity index (χ1n) is 10.2. The third kappa shape index (κ3) is 7.43. The fraction of sp³-hybridized carbons (Fsp3) is 0.333. The lowest BCUT2D eigenvalue weighted by Gasteiger charge is -2.29. The van der Waals surface area contributed by atoms with Crippen LogP contribution >= 0.6 is 0 Å². The van der Waals surface area contributed by atoms with Gasteiger partial charge in [0.1, 0.15) is 11.6 Å². The van der Waals surface area contributed by atoms with Crippen LogP contribution in [0.5, 0.6) is 11.5 Å². The van der Waals surface area contributed by atoms with Crippen molar-refractivity contribution in [2.45, 2.75) is 45.3 Å². The van der Waals surface area contributed by atoms with E-state index in [1.807, 2.05) is 0 Å². The summed E-state index contributed by atoms with van der Waals surface area (Å²) in [5.41, 5.74) is 5.74. The molecule has 2 aromatic carbocycles.